The van der Waals surface area contributed by atoms with Crippen LogP contribution in [0.4, 0.5) is 5.82 Å². The molecule has 0 spiro atoms. The van der Waals surface area contributed by atoms with Gasteiger partial charge in [-0.05, 0) is 26.0 Å². The van der Waals surface area contributed by atoms with Crippen molar-refractivity contribution in [3.8, 4) is 0 Å². The number of fused-ring (bicyclic) bond motifs is 1. The van der Waals surface area contributed by atoms with Crippen LogP contribution in [0.5, 0.6) is 0 Å². The van der Waals surface area contributed by atoms with Crippen LogP contribution in [0.2, 0.25) is 0 Å². The highest BCUT2D eigenvalue weighted by Crippen LogP contribution is 2.23. The van der Waals surface area contributed by atoms with Crippen molar-refractivity contribution in [2.24, 2.45) is 11.6 Å². The van der Waals surface area contributed by atoms with Gasteiger partial charge in [0.1, 0.15) is 11.2 Å². The smallest absolute Gasteiger partial charge is 0.261 e. The number of amides is 1. The zero-order valence-electron chi connectivity index (χ0n) is 11.5. The molecule has 0 aliphatic carbocycles. The Labute approximate surface area is 121 Å². The van der Waals surface area contributed by atoms with E-state index in [-0.39, 0.29) is 10.8 Å². The summed E-state index contributed by atoms with van der Waals surface area (Å²) in [6.07, 6.45) is 1.52. The number of pyridine rings is 1. The fourth-order valence-corrected chi connectivity index (χ4v) is 3.40. The van der Waals surface area contributed by atoms with Crippen LogP contribution in [0.25, 0.3) is 5.65 Å². The predicted octanol–water partition coefficient (Wildman–Crippen LogP) is -0.838. The Morgan fingerprint density at radius 3 is 2.62 bits per heavy atom. The molecule has 0 fully saturated rings. The number of aromatic nitrogens is 2. The van der Waals surface area contributed by atoms with Gasteiger partial charge in [-0.2, -0.15) is 4.72 Å². The highest BCUT2D eigenvalue weighted by atomic mass is 32.2. The van der Waals surface area contributed by atoms with Crippen molar-refractivity contribution in [1.29, 1.82) is 0 Å². The van der Waals surface area contributed by atoms with Gasteiger partial charge in [0.05, 0.1) is 0 Å². The standard InChI is InChI=1S/C11H16N6O3S/c1-11(2,10(12)18)16-21(19,20)9-8(15-13)14-7-5-3-4-6-17(7)9/h3-6,15-16H,13H2,1-2H3,(H2,12,18). The van der Waals surface area contributed by atoms with E-state index in [1.165, 1.54) is 24.4 Å². The monoisotopic (exact) mass is 312 g/mol. The number of carbonyl (C=O) groups is 1. The third-order valence-corrected chi connectivity index (χ3v) is 4.56. The topological polar surface area (TPSA) is 145 Å². The average Bonchev–Trinajstić information content (AvgIpc) is 2.76. The molecule has 0 aliphatic rings. The maximum atomic E-state index is 12.5. The SMILES string of the molecule is CC(C)(NS(=O)(=O)c1c(NN)nc2ccccn12)C(N)=O. The summed E-state index contributed by atoms with van der Waals surface area (Å²) in [5.74, 6) is 4.49. The first-order valence-electron chi connectivity index (χ1n) is 5.96. The minimum absolute atomic E-state index is 0.0334. The zero-order chi connectivity index (χ0) is 15.8. The quantitative estimate of drug-likeness (QED) is 0.418. The van der Waals surface area contributed by atoms with Gasteiger partial charge in [-0.25, -0.2) is 19.2 Å². The molecule has 9 nitrogen and oxygen atoms in total. The number of rotatable bonds is 5. The molecule has 6 N–H and O–H groups in total. The number of nitrogens with zero attached hydrogens (tertiary/aromatic N) is 2. The molecular formula is C11H16N6O3S. The molecule has 0 unspecified atom stereocenters. The maximum Gasteiger partial charge on any atom is 0.261 e. The lowest BCUT2D eigenvalue weighted by Gasteiger charge is -2.22. The fraction of sp³-hybridized carbons (Fsp3) is 0.273. The van der Waals surface area contributed by atoms with Crippen molar-refractivity contribution in [2.45, 2.75) is 24.4 Å². The van der Waals surface area contributed by atoms with Crippen molar-refractivity contribution in [3.63, 3.8) is 0 Å². The number of primary amides is 1. The molecule has 0 saturated heterocycles. The molecule has 2 heterocycles. The summed E-state index contributed by atoms with van der Waals surface area (Å²) in [6, 6.07) is 4.98. The molecule has 2 aromatic heterocycles. The lowest BCUT2D eigenvalue weighted by molar-refractivity contribution is -0.122. The highest BCUT2D eigenvalue weighted by molar-refractivity contribution is 7.89. The van der Waals surface area contributed by atoms with E-state index in [1.54, 1.807) is 18.2 Å². The van der Waals surface area contributed by atoms with Gasteiger partial charge in [0, 0.05) is 6.20 Å². The predicted molar refractivity (Wildman–Crippen MR) is 76.6 cm³/mol. The Balaban J connectivity index is 2.62. The molecule has 10 heteroatoms. The first kappa shape index (κ1) is 15.2. The minimum atomic E-state index is -4.08. The van der Waals surface area contributed by atoms with E-state index in [4.69, 9.17) is 11.6 Å². The normalized spacial score (nSPS) is 12.5. The van der Waals surface area contributed by atoms with Crippen LogP contribution in [0.3, 0.4) is 0 Å². The number of hydrogen-bond donors (Lipinski definition) is 4. The second-order valence-corrected chi connectivity index (χ2v) is 6.53. The molecular weight excluding hydrogens is 296 g/mol. The lowest BCUT2D eigenvalue weighted by atomic mass is 10.1. The van der Waals surface area contributed by atoms with E-state index in [9.17, 15) is 13.2 Å². The van der Waals surface area contributed by atoms with E-state index < -0.39 is 21.5 Å². The summed E-state index contributed by atoms with van der Waals surface area (Å²) >= 11 is 0. The molecule has 0 aliphatic heterocycles. The van der Waals surface area contributed by atoms with E-state index in [1.807, 2.05) is 0 Å². The van der Waals surface area contributed by atoms with Gasteiger partial charge in [0.15, 0.2) is 10.8 Å². The Bertz CT molecular complexity index is 795. The van der Waals surface area contributed by atoms with E-state index in [0.29, 0.717) is 5.65 Å². The molecule has 114 valence electrons. The van der Waals surface area contributed by atoms with Crippen LogP contribution in [-0.2, 0) is 14.8 Å². The van der Waals surface area contributed by atoms with Gasteiger partial charge < -0.3 is 11.2 Å². The van der Waals surface area contributed by atoms with E-state index >= 15 is 0 Å². The van der Waals surface area contributed by atoms with Crippen LogP contribution in [0.1, 0.15) is 13.8 Å². The molecule has 2 rings (SSSR count). The number of sulfonamides is 1. The van der Waals surface area contributed by atoms with E-state index in [2.05, 4.69) is 15.1 Å². The van der Waals surface area contributed by atoms with Gasteiger partial charge in [-0.1, -0.05) is 6.07 Å². The largest absolute Gasteiger partial charge is 0.368 e. The second kappa shape index (κ2) is 4.98. The van der Waals surface area contributed by atoms with Crippen molar-refractivity contribution in [1.82, 2.24) is 14.1 Å². The summed E-state index contributed by atoms with van der Waals surface area (Å²) in [5.41, 5.74) is 6.36. The fourth-order valence-electron chi connectivity index (χ4n) is 1.76. The number of nitrogens with two attached hydrogens (primary N) is 2. The molecule has 0 bridgehead atoms. The molecule has 0 radical (unpaired) electrons. The number of hydrazine groups is 1. The van der Waals surface area contributed by atoms with Crippen molar-refractivity contribution < 1.29 is 13.2 Å². The van der Waals surface area contributed by atoms with Gasteiger partial charge >= 0.3 is 0 Å². The molecule has 0 aromatic carbocycles. The van der Waals surface area contributed by atoms with Crippen LogP contribution in [-0.4, -0.2) is 29.2 Å². The summed E-state index contributed by atoms with van der Waals surface area (Å²) in [5, 5.41) is -0.199. The van der Waals surface area contributed by atoms with Crippen LogP contribution in [0.15, 0.2) is 29.4 Å². The first-order chi connectivity index (χ1) is 9.69. The summed E-state index contributed by atoms with van der Waals surface area (Å²) < 4.78 is 28.6. The Morgan fingerprint density at radius 2 is 2.05 bits per heavy atom. The number of nitrogens with one attached hydrogen (secondary N) is 2. The third-order valence-electron chi connectivity index (χ3n) is 2.88. The van der Waals surface area contributed by atoms with Gasteiger partial charge in [0.2, 0.25) is 5.91 Å². The Kier molecular flexibility index (Phi) is 3.61. The van der Waals surface area contributed by atoms with Gasteiger partial charge in [-0.15, -0.1) is 0 Å². The molecule has 21 heavy (non-hydrogen) atoms. The number of imidazole rings is 1. The van der Waals surface area contributed by atoms with Gasteiger partial charge in [0.25, 0.3) is 10.0 Å². The highest BCUT2D eigenvalue weighted by Gasteiger charge is 2.34. The van der Waals surface area contributed by atoms with Crippen LogP contribution in [0, 0.1) is 0 Å². The number of hydrogen-bond acceptors (Lipinski definition) is 6. The number of carbonyl (C=O) groups excluding carboxylic acids is 1. The van der Waals surface area contributed by atoms with E-state index in [0.717, 1.165) is 0 Å². The van der Waals surface area contributed by atoms with Crippen molar-refractivity contribution >= 4 is 27.4 Å². The van der Waals surface area contributed by atoms with Crippen molar-refractivity contribution in [2.75, 3.05) is 5.43 Å². The summed E-state index contributed by atoms with van der Waals surface area (Å²) in [4.78, 5) is 15.4. The third kappa shape index (κ3) is 2.68. The Morgan fingerprint density at radius 1 is 1.38 bits per heavy atom. The average molecular weight is 312 g/mol. The zero-order valence-corrected chi connectivity index (χ0v) is 12.3. The summed E-state index contributed by atoms with van der Waals surface area (Å²) in [7, 11) is -4.08. The first-order valence-corrected chi connectivity index (χ1v) is 7.45. The second-order valence-electron chi connectivity index (χ2n) is 4.93. The van der Waals surface area contributed by atoms with Crippen LogP contribution < -0.4 is 21.7 Å². The maximum absolute atomic E-state index is 12.5. The molecule has 1 amide bonds. The minimum Gasteiger partial charge on any atom is -0.368 e. The van der Waals surface area contributed by atoms with Gasteiger partial charge in [-0.3, -0.25) is 9.20 Å². The summed E-state index contributed by atoms with van der Waals surface area (Å²) in [6.45, 7) is 2.73. The Hall–Kier alpha value is -2.17. The number of anilines is 1. The molecule has 0 saturated carbocycles. The molecule has 2 aromatic rings. The lowest BCUT2D eigenvalue weighted by Crippen LogP contribution is -2.53. The molecule has 0 atom stereocenters. The number of nitrogen functional groups attached to an aromatic ring is 1. The van der Waals surface area contributed by atoms with Crippen molar-refractivity contribution in [3.05, 3.63) is 24.4 Å². The van der Waals surface area contributed by atoms with Crippen LogP contribution >= 0.6 is 0 Å².